The smallest absolute Gasteiger partial charge is 0.308 e. The molecule has 3 rings (SSSR count). The van der Waals surface area contributed by atoms with Crippen molar-refractivity contribution in [2.75, 3.05) is 13.1 Å². The summed E-state index contributed by atoms with van der Waals surface area (Å²) in [4.78, 5) is 11.1. The van der Waals surface area contributed by atoms with Gasteiger partial charge in [0.25, 0.3) is 0 Å². The number of carboxylic acid groups (broad SMARTS) is 1. The minimum absolute atomic E-state index is 0.0555. The summed E-state index contributed by atoms with van der Waals surface area (Å²) in [5.41, 5.74) is 3.21. The summed E-state index contributed by atoms with van der Waals surface area (Å²) >= 11 is 0. The maximum atomic E-state index is 11.1. The van der Waals surface area contributed by atoms with E-state index in [-0.39, 0.29) is 11.8 Å². The lowest BCUT2D eigenvalue weighted by Gasteiger charge is -2.12. The molecule has 2 unspecified atom stereocenters. The summed E-state index contributed by atoms with van der Waals surface area (Å²) in [7, 11) is 0. The number of hydrogen-bond acceptors (Lipinski definition) is 3. The van der Waals surface area contributed by atoms with Crippen molar-refractivity contribution in [2.24, 2.45) is 5.92 Å². The molecule has 0 spiro atoms. The third kappa shape index (κ3) is 1.70. The van der Waals surface area contributed by atoms with Gasteiger partial charge in [0, 0.05) is 24.6 Å². The van der Waals surface area contributed by atoms with Gasteiger partial charge in [-0.05, 0) is 23.3 Å². The van der Waals surface area contributed by atoms with Crippen molar-refractivity contribution in [2.45, 2.75) is 5.92 Å². The molecule has 1 aliphatic carbocycles. The molecule has 2 atom stereocenters. The highest BCUT2D eigenvalue weighted by molar-refractivity contribution is 5.74. The molecule has 4 heteroatoms. The predicted octanol–water partition coefficient (Wildman–Crippen LogP) is 1.77. The Morgan fingerprint density at radius 1 is 1.35 bits per heavy atom. The molecule has 2 aliphatic heterocycles. The first kappa shape index (κ1) is 10.4. The summed E-state index contributed by atoms with van der Waals surface area (Å²) in [5.74, 6) is -1.00. The van der Waals surface area contributed by atoms with Gasteiger partial charge in [-0.15, -0.1) is 0 Å². The van der Waals surface area contributed by atoms with Crippen LogP contribution in [-0.4, -0.2) is 24.2 Å². The van der Waals surface area contributed by atoms with Gasteiger partial charge in [0.2, 0.25) is 0 Å². The number of carbonyl (C=O) groups is 1. The minimum Gasteiger partial charge on any atom is -0.481 e. The minimum atomic E-state index is -0.727. The van der Waals surface area contributed by atoms with Crippen molar-refractivity contribution in [3.63, 3.8) is 0 Å². The van der Waals surface area contributed by atoms with Gasteiger partial charge in [0.1, 0.15) is 0 Å². The van der Waals surface area contributed by atoms with Crippen LogP contribution in [0.25, 0.3) is 11.1 Å². The van der Waals surface area contributed by atoms with E-state index in [1.54, 1.807) is 12.5 Å². The van der Waals surface area contributed by atoms with E-state index in [0.717, 1.165) is 23.2 Å². The number of fused-ring (bicyclic) bond motifs is 1. The Balaban J connectivity index is 1.99. The van der Waals surface area contributed by atoms with Crippen LogP contribution in [0.5, 0.6) is 0 Å². The molecule has 0 bridgehead atoms. The Hall–Kier alpha value is -1.81. The molecule has 88 valence electrons. The lowest BCUT2D eigenvalue weighted by atomic mass is 9.91. The first-order valence-electron chi connectivity index (χ1n) is 5.65. The summed E-state index contributed by atoms with van der Waals surface area (Å²) in [6, 6.07) is 5.97. The van der Waals surface area contributed by atoms with Gasteiger partial charge in [-0.2, -0.15) is 0 Å². The molecule has 0 aromatic heterocycles. The van der Waals surface area contributed by atoms with E-state index in [0.29, 0.717) is 6.54 Å². The largest absolute Gasteiger partial charge is 0.481 e. The Morgan fingerprint density at radius 2 is 2.18 bits per heavy atom. The summed E-state index contributed by atoms with van der Waals surface area (Å²) < 4.78 is 5.11. The molecular weight excluding hydrogens is 218 g/mol. The zero-order chi connectivity index (χ0) is 11.8. The second-order valence-electron chi connectivity index (χ2n) is 4.47. The van der Waals surface area contributed by atoms with E-state index in [1.807, 2.05) is 12.1 Å². The van der Waals surface area contributed by atoms with Crippen LogP contribution in [0.15, 0.2) is 35.1 Å². The molecule has 1 fully saturated rings. The maximum absolute atomic E-state index is 11.1. The number of aliphatic carboxylic acids is 1. The van der Waals surface area contributed by atoms with Crippen LogP contribution in [-0.2, 0) is 4.79 Å². The molecule has 3 aliphatic rings. The van der Waals surface area contributed by atoms with Gasteiger partial charge in [0.05, 0.1) is 18.4 Å². The molecule has 4 nitrogen and oxygen atoms in total. The van der Waals surface area contributed by atoms with E-state index in [9.17, 15) is 4.79 Å². The second-order valence-corrected chi connectivity index (χ2v) is 4.47. The van der Waals surface area contributed by atoms with Crippen LogP contribution >= 0.6 is 0 Å². The molecule has 2 N–H and O–H groups in total. The van der Waals surface area contributed by atoms with Crippen LogP contribution < -0.4 is 5.32 Å². The zero-order valence-electron chi connectivity index (χ0n) is 9.22. The van der Waals surface area contributed by atoms with Crippen molar-refractivity contribution in [1.29, 1.82) is 0 Å². The highest BCUT2D eigenvalue weighted by Gasteiger charge is 2.34. The molecule has 0 aromatic carbocycles. The fourth-order valence-corrected chi connectivity index (χ4v) is 2.54. The van der Waals surface area contributed by atoms with Gasteiger partial charge in [-0.3, -0.25) is 4.79 Å². The summed E-state index contributed by atoms with van der Waals surface area (Å²) in [5, 5.41) is 12.3. The van der Waals surface area contributed by atoms with Gasteiger partial charge < -0.3 is 14.8 Å². The van der Waals surface area contributed by atoms with Crippen molar-refractivity contribution < 1.29 is 14.3 Å². The van der Waals surface area contributed by atoms with E-state index < -0.39 is 5.97 Å². The van der Waals surface area contributed by atoms with Crippen molar-refractivity contribution >= 4 is 5.97 Å². The number of nitrogens with one attached hydrogen (secondary N) is 1. The Bertz CT molecular complexity index is 489. The van der Waals surface area contributed by atoms with Crippen LogP contribution in [0.1, 0.15) is 11.5 Å². The predicted molar refractivity (Wildman–Crippen MR) is 62.1 cm³/mol. The topological polar surface area (TPSA) is 62.5 Å². The quantitative estimate of drug-likeness (QED) is 0.826. The molecule has 2 heterocycles. The number of hydrogen-bond donors (Lipinski definition) is 2. The molecular formula is C13H13NO3. The molecule has 0 radical (unpaired) electrons. The SMILES string of the molecule is O=C(O)C1CNCC1c1cc2ccocc-2c1. The van der Waals surface area contributed by atoms with Crippen LogP contribution in [0, 0.1) is 5.92 Å². The second kappa shape index (κ2) is 3.89. The highest BCUT2D eigenvalue weighted by atomic mass is 16.4. The standard InChI is InChI=1S/C13H13NO3/c15-13(16)12-6-14-5-11(12)9-3-8-1-2-17-7-10(8)4-9/h1-4,7,11-12,14H,5-6H2,(H,15,16). The van der Waals surface area contributed by atoms with Crippen molar-refractivity contribution in [3.05, 3.63) is 36.3 Å². The van der Waals surface area contributed by atoms with Crippen LogP contribution in [0.4, 0.5) is 0 Å². The molecule has 0 aromatic rings. The summed E-state index contributed by atoms with van der Waals surface area (Å²) in [6.07, 6.45) is 3.32. The Labute approximate surface area is 98.6 Å². The van der Waals surface area contributed by atoms with Crippen molar-refractivity contribution in [3.8, 4) is 11.1 Å². The lowest BCUT2D eigenvalue weighted by Crippen LogP contribution is -2.20. The normalized spacial score (nSPS) is 24.2. The number of rotatable bonds is 2. The molecule has 0 saturated carbocycles. The van der Waals surface area contributed by atoms with E-state index in [4.69, 9.17) is 9.52 Å². The average Bonchev–Trinajstić information content (AvgIpc) is 2.95. The monoisotopic (exact) mass is 231 g/mol. The zero-order valence-corrected chi connectivity index (χ0v) is 9.22. The Morgan fingerprint density at radius 3 is 2.94 bits per heavy atom. The van der Waals surface area contributed by atoms with E-state index >= 15 is 0 Å². The van der Waals surface area contributed by atoms with Gasteiger partial charge in [0.15, 0.2) is 0 Å². The lowest BCUT2D eigenvalue weighted by molar-refractivity contribution is -0.141. The Kier molecular flexibility index (Phi) is 2.37. The van der Waals surface area contributed by atoms with Gasteiger partial charge >= 0.3 is 5.97 Å². The fourth-order valence-electron chi connectivity index (χ4n) is 2.54. The highest BCUT2D eigenvalue weighted by Crippen LogP contribution is 2.35. The fraction of sp³-hybridized carbons (Fsp3) is 0.308. The van der Waals surface area contributed by atoms with Crippen molar-refractivity contribution in [1.82, 2.24) is 5.32 Å². The maximum Gasteiger partial charge on any atom is 0.308 e. The van der Waals surface area contributed by atoms with Crippen LogP contribution in [0.3, 0.4) is 0 Å². The van der Waals surface area contributed by atoms with E-state index in [2.05, 4.69) is 11.4 Å². The van der Waals surface area contributed by atoms with Gasteiger partial charge in [-0.1, -0.05) is 6.07 Å². The third-order valence-electron chi connectivity index (χ3n) is 3.46. The number of carboxylic acids is 1. The molecule has 0 amide bonds. The molecule has 1 saturated heterocycles. The average molecular weight is 231 g/mol. The van der Waals surface area contributed by atoms with Crippen LogP contribution in [0.2, 0.25) is 0 Å². The first-order chi connectivity index (χ1) is 8.25. The molecule has 17 heavy (non-hydrogen) atoms. The summed E-state index contributed by atoms with van der Waals surface area (Å²) in [6.45, 7) is 1.27. The first-order valence-corrected chi connectivity index (χ1v) is 5.65. The van der Waals surface area contributed by atoms with Gasteiger partial charge in [-0.25, -0.2) is 0 Å². The van der Waals surface area contributed by atoms with E-state index in [1.165, 1.54) is 0 Å². The third-order valence-corrected chi connectivity index (χ3v) is 3.46.